The highest BCUT2D eigenvalue weighted by Gasteiger charge is 2.32. The van der Waals surface area contributed by atoms with E-state index in [0.29, 0.717) is 18.7 Å². The number of aromatic nitrogens is 2. The molecule has 0 saturated carbocycles. The van der Waals surface area contributed by atoms with Gasteiger partial charge in [-0.3, -0.25) is 4.79 Å². The maximum absolute atomic E-state index is 11.7. The molecule has 1 aromatic rings. The standard InChI is InChI=1S/C10H11N5O/c1-2-6-3-7(16)15(4-6)8-9(11)13-5-14-10(8)12/h1,5-6H,3-4H2,(H4,11,12,13,14). The first kappa shape index (κ1) is 10.2. The van der Waals surface area contributed by atoms with Gasteiger partial charge in [0.1, 0.15) is 12.0 Å². The maximum Gasteiger partial charge on any atom is 0.228 e. The fourth-order valence-electron chi connectivity index (χ4n) is 1.72. The van der Waals surface area contributed by atoms with Gasteiger partial charge in [0.05, 0.1) is 0 Å². The summed E-state index contributed by atoms with van der Waals surface area (Å²) in [6, 6.07) is 0. The van der Waals surface area contributed by atoms with Crippen LogP contribution in [0.25, 0.3) is 0 Å². The second-order valence-electron chi connectivity index (χ2n) is 3.56. The van der Waals surface area contributed by atoms with Crippen LogP contribution in [0.3, 0.4) is 0 Å². The summed E-state index contributed by atoms with van der Waals surface area (Å²) < 4.78 is 0. The lowest BCUT2D eigenvalue weighted by atomic mass is 10.1. The smallest absolute Gasteiger partial charge is 0.228 e. The van der Waals surface area contributed by atoms with Crippen molar-refractivity contribution >= 4 is 23.2 Å². The lowest BCUT2D eigenvalue weighted by molar-refractivity contribution is -0.117. The van der Waals surface area contributed by atoms with Gasteiger partial charge in [0.25, 0.3) is 0 Å². The summed E-state index contributed by atoms with van der Waals surface area (Å²) in [6.07, 6.45) is 6.86. The lowest BCUT2D eigenvalue weighted by Gasteiger charge is -2.18. The summed E-state index contributed by atoms with van der Waals surface area (Å²) in [4.78, 5) is 20.8. The van der Waals surface area contributed by atoms with Crippen LogP contribution in [0.4, 0.5) is 17.3 Å². The molecular weight excluding hydrogens is 206 g/mol. The summed E-state index contributed by atoms with van der Waals surface area (Å²) in [7, 11) is 0. The predicted molar refractivity (Wildman–Crippen MR) is 60.1 cm³/mol. The van der Waals surface area contributed by atoms with Gasteiger partial charge in [0, 0.05) is 18.9 Å². The molecule has 1 saturated heterocycles. The summed E-state index contributed by atoms with van der Waals surface area (Å²) >= 11 is 0. The molecule has 0 radical (unpaired) electrons. The molecule has 2 rings (SSSR count). The summed E-state index contributed by atoms with van der Waals surface area (Å²) in [5.74, 6) is 2.73. The van der Waals surface area contributed by atoms with E-state index in [1.807, 2.05) is 0 Å². The average molecular weight is 217 g/mol. The van der Waals surface area contributed by atoms with Gasteiger partial charge in [-0.05, 0) is 0 Å². The van der Waals surface area contributed by atoms with Crippen LogP contribution in [0.5, 0.6) is 0 Å². The van der Waals surface area contributed by atoms with Crippen LogP contribution in [0.15, 0.2) is 6.33 Å². The van der Waals surface area contributed by atoms with Crippen molar-refractivity contribution in [2.24, 2.45) is 5.92 Å². The highest BCUT2D eigenvalue weighted by atomic mass is 16.2. The van der Waals surface area contributed by atoms with Crippen LogP contribution in [-0.2, 0) is 4.79 Å². The molecule has 82 valence electrons. The Morgan fingerprint density at radius 2 is 2.06 bits per heavy atom. The molecule has 6 heteroatoms. The van der Waals surface area contributed by atoms with E-state index >= 15 is 0 Å². The third-order valence-corrected chi connectivity index (χ3v) is 2.51. The van der Waals surface area contributed by atoms with Crippen molar-refractivity contribution in [2.45, 2.75) is 6.42 Å². The van der Waals surface area contributed by atoms with Gasteiger partial charge in [0.2, 0.25) is 5.91 Å². The van der Waals surface area contributed by atoms with Gasteiger partial charge in [0.15, 0.2) is 11.6 Å². The molecule has 4 N–H and O–H groups in total. The van der Waals surface area contributed by atoms with Crippen molar-refractivity contribution < 1.29 is 4.79 Å². The van der Waals surface area contributed by atoms with Crippen LogP contribution < -0.4 is 16.4 Å². The van der Waals surface area contributed by atoms with Crippen molar-refractivity contribution in [3.05, 3.63) is 6.33 Å². The Bertz CT molecular complexity index is 458. The van der Waals surface area contributed by atoms with Gasteiger partial charge in [-0.25, -0.2) is 9.97 Å². The van der Waals surface area contributed by atoms with Gasteiger partial charge in [-0.1, -0.05) is 0 Å². The van der Waals surface area contributed by atoms with Gasteiger partial charge < -0.3 is 16.4 Å². The number of rotatable bonds is 1. The van der Waals surface area contributed by atoms with Crippen molar-refractivity contribution in [3.8, 4) is 12.3 Å². The highest BCUT2D eigenvalue weighted by molar-refractivity contribution is 6.00. The summed E-state index contributed by atoms with van der Waals surface area (Å²) in [6.45, 7) is 0.414. The summed E-state index contributed by atoms with van der Waals surface area (Å²) in [5, 5.41) is 0. The van der Waals surface area contributed by atoms with Crippen molar-refractivity contribution in [2.75, 3.05) is 22.9 Å². The first-order chi connectivity index (χ1) is 7.63. The van der Waals surface area contributed by atoms with Gasteiger partial charge in [-0.15, -0.1) is 12.3 Å². The van der Waals surface area contributed by atoms with E-state index in [2.05, 4.69) is 15.9 Å². The average Bonchev–Trinajstić information content (AvgIpc) is 2.60. The predicted octanol–water partition coefficient (Wildman–Crippen LogP) is -0.373. The number of nitrogens with two attached hydrogens (primary N) is 2. The Balaban J connectivity index is 2.39. The number of hydrogen-bond donors (Lipinski definition) is 2. The number of nitrogen functional groups attached to an aromatic ring is 2. The molecule has 1 amide bonds. The molecule has 0 aromatic carbocycles. The zero-order valence-electron chi connectivity index (χ0n) is 8.55. The van der Waals surface area contributed by atoms with Gasteiger partial charge >= 0.3 is 0 Å². The Morgan fingerprint density at radius 1 is 1.44 bits per heavy atom. The number of amides is 1. The molecule has 2 heterocycles. The van der Waals surface area contributed by atoms with E-state index in [1.54, 1.807) is 0 Å². The minimum absolute atomic E-state index is 0.101. The minimum atomic E-state index is -0.105. The molecule has 6 nitrogen and oxygen atoms in total. The third kappa shape index (κ3) is 1.52. The van der Waals surface area contributed by atoms with Crippen molar-refractivity contribution in [3.63, 3.8) is 0 Å². The zero-order valence-corrected chi connectivity index (χ0v) is 8.55. The van der Waals surface area contributed by atoms with Crippen LogP contribution in [-0.4, -0.2) is 22.4 Å². The maximum atomic E-state index is 11.7. The number of anilines is 3. The number of carbonyl (C=O) groups excluding carboxylic acids is 1. The Labute approximate surface area is 92.7 Å². The lowest BCUT2D eigenvalue weighted by Crippen LogP contribution is -2.27. The van der Waals surface area contributed by atoms with Crippen LogP contribution in [0.1, 0.15) is 6.42 Å². The fraction of sp³-hybridized carbons (Fsp3) is 0.300. The number of carbonyl (C=O) groups is 1. The fourth-order valence-corrected chi connectivity index (χ4v) is 1.72. The first-order valence-electron chi connectivity index (χ1n) is 4.76. The zero-order chi connectivity index (χ0) is 11.7. The van der Waals surface area contributed by atoms with E-state index in [9.17, 15) is 4.79 Å². The van der Waals surface area contributed by atoms with Crippen LogP contribution in [0.2, 0.25) is 0 Å². The molecule has 1 atom stereocenters. The molecule has 1 aliphatic rings. The highest BCUT2D eigenvalue weighted by Crippen LogP contribution is 2.31. The first-order valence-corrected chi connectivity index (χ1v) is 4.76. The third-order valence-electron chi connectivity index (χ3n) is 2.51. The topological polar surface area (TPSA) is 98.1 Å². The molecule has 1 aromatic heterocycles. The number of nitrogens with zero attached hydrogens (tertiary/aromatic N) is 3. The Morgan fingerprint density at radius 3 is 2.56 bits per heavy atom. The van der Waals surface area contributed by atoms with E-state index in [4.69, 9.17) is 17.9 Å². The Hall–Kier alpha value is -2.29. The molecule has 1 aliphatic heterocycles. The SMILES string of the molecule is C#CC1CC(=O)N(c2c(N)ncnc2N)C1. The van der Waals surface area contributed by atoms with Crippen molar-refractivity contribution in [1.29, 1.82) is 0 Å². The largest absolute Gasteiger partial charge is 0.382 e. The quantitative estimate of drug-likeness (QED) is 0.625. The van der Waals surface area contributed by atoms with Crippen molar-refractivity contribution in [1.82, 2.24) is 9.97 Å². The molecule has 16 heavy (non-hydrogen) atoms. The molecule has 1 unspecified atom stereocenters. The van der Waals surface area contributed by atoms with Crippen LogP contribution in [0, 0.1) is 18.3 Å². The second-order valence-corrected chi connectivity index (χ2v) is 3.56. The Kier molecular flexibility index (Phi) is 2.37. The molecule has 1 fully saturated rings. The van der Waals surface area contributed by atoms with E-state index in [0.717, 1.165) is 0 Å². The van der Waals surface area contributed by atoms with E-state index in [1.165, 1.54) is 11.2 Å². The van der Waals surface area contributed by atoms with Crippen LogP contribution >= 0.6 is 0 Å². The molecule has 0 aliphatic carbocycles. The molecule has 0 spiro atoms. The number of hydrogen-bond acceptors (Lipinski definition) is 5. The molecule has 0 bridgehead atoms. The monoisotopic (exact) mass is 217 g/mol. The summed E-state index contributed by atoms with van der Waals surface area (Å²) in [5.41, 5.74) is 11.7. The van der Waals surface area contributed by atoms with Gasteiger partial charge in [-0.2, -0.15) is 0 Å². The normalized spacial score (nSPS) is 19.8. The minimum Gasteiger partial charge on any atom is -0.382 e. The van der Waals surface area contributed by atoms with E-state index in [-0.39, 0.29) is 23.5 Å². The molecular formula is C10H11N5O. The second kappa shape index (κ2) is 3.70. The van der Waals surface area contributed by atoms with E-state index < -0.39 is 0 Å². The number of terminal acetylenes is 1.